The molecule has 3 rings (SSSR count). The summed E-state index contributed by atoms with van der Waals surface area (Å²) in [7, 11) is 0. The van der Waals surface area contributed by atoms with Crippen molar-refractivity contribution in [3.8, 4) is 5.75 Å². The van der Waals surface area contributed by atoms with Gasteiger partial charge in [-0.2, -0.15) is 0 Å². The Bertz CT molecular complexity index is 705. The van der Waals surface area contributed by atoms with Gasteiger partial charge in [-0.3, -0.25) is 0 Å². The molecule has 2 aromatic rings. The van der Waals surface area contributed by atoms with Gasteiger partial charge in [-0.1, -0.05) is 49.4 Å². The summed E-state index contributed by atoms with van der Waals surface area (Å²) in [6.07, 6.45) is 0.899. The van der Waals surface area contributed by atoms with Gasteiger partial charge in [0.2, 0.25) is 0 Å². The number of ether oxygens (including phenoxy) is 2. The molecule has 1 aliphatic rings. The molecule has 1 fully saturated rings. The zero-order valence-electron chi connectivity index (χ0n) is 15.2. The molecule has 1 aliphatic heterocycles. The molecule has 1 saturated heterocycles. The summed E-state index contributed by atoms with van der Waals surface area (Å²) in [4.78, 5) is 14.3. The summed E-state index contributed by atoms with van der Waals surface area (Å²) in [5.74, 6) is 0.804. The third-order valence-electron chi connectivity index (χ3n) is 4.55. The van der Waals surface area contributed by atoms with Crippen LogP contribution in [-0.2, 0) is 17.9 Å². The van der Waals surface area contributed by atoms with Crippen LogP contribution in [0.5, 0.6) is 5.75 Å². The number of benzene rings is 2. The molecule has 2 amide bonds. The fourth-order valence-electron chi connectivity index (χ4n) is 3.03. The van der Waals surface area contributed by atoms with E-state index in [1.165, 1.54) is 0 Å². The lowest BCUT2D eigenvalue weighted by molar-refractivity contribution is 0.0112. The van der Waals surface area contributed by atoms with E-state index in [4.69, 9.17) is 9.47 Å². The highest BCUT2D eigenvalue weighted by Gasteiger charge is 2.25. The predicted molar refractivity (Wildman–Crippen MR) is 101 cm³/mol. The third kappa shape index (κ3) is 4.99. The zero-order valence-corrected chi connectivity index (χ0v) is 15.2. The Morgan fingerprint density at radius 3 is 2.81 bits per heavy atom. The second-order valence-corrected chi connectivity index (χ2v) is 6.41. The van der Waals surface area contributed by atoms with E-state index in [-0.39, 0.29) is 12.1 Å². The molecule has 1 heterocycles. The van der Waals surface area contributed by atoms with Gasteiger partial charge in [0.05, 0.1) is 19.3 Å². The summed E-state index contributed by atoms with van der Waals surface area (Å²) < 4.78 is 11.3. The third-order valence-corrected chi connectivity index (χ3v) is 4.55. The topological polar surface area (TPSA) is 50.8 Å². The SMILES string of the molecule is CC[C@@H]1COCCN1C(=O)NCc1cccc(OCc2ccccc2)c1. The van der Waals surface area contributed by atoms with Crippen LogP contribution in [-0.4, -0.2) is 36.7 Å². The molecule has 1 atom stereocenters. The van der Waals surface area contributed by atoms with Crippen LogP contribution in [0.2, 0.25) is 0 Å². The van der Waals surface area contributed by atoms with Crippen LogP contribution < -0.4 is 10.1 Å². The average molecular weight is 354 g/mol. The molecule has 138 valence electrons. The second kappa shape index (κ2) is 9.25. The van der Waals surface area contributed by atoms with Gasteiger partial charge in [0.1, 0.15) is 12.4 Å². The van der Waals surface area contributed by atoms with Crippen molar-refractivity contribution in [1.82, 2.24) is 10.2 Å². The van der Waals surface area contributed by atoms with Crippen molar-refractivity contribution in [2.24, 2.45) is 0 Å². The van der Waals surface area contributed by atoms with Crippen molar-refractivity contribution in [3.63, 3.8) is 0 Å². The fraction of sp³-hybridized carbons (Fsp3) is 0.381. The largest absolute Gasteiger partial charge is 0.489 e. The molecule has 2 aromatic carbocycles. The summed E-state index contributed by atoms with van der Waals surface area (Å²) in [6, 6.07) is 18.0. The molecule has 5 nitrogen and oxygen atoms in total. The smallest absolute Gasteiger partial charge is 0.318 e. The molecule has 0 radical (unpaired) electrons. The van der Waals surface area contributed by atoms with Crippen LogP contribution in [0.15, 0.2) is 54.6 Å². The van der Waals surface area contributed by atoms with Gasteiger partial charge < -0.3 is 19.7 Å². The molecule has 26 heavy (non-hydrogen) atoms. The number of rotatable bonds is 6. The number of carbonyl (C=O) groups excluding carboxylic acids is 1. The Hall–Kier alpha value is -2.53. The predicted octanol–water partition coefficient (Wildman–Crippen LogP) is 3.59. The Kier molecular flexibility index (Phi) is 6.50. The van der Waals surface area contributed by atoms with Gasteiger partial charge in [0, 0.05) is 13.1 Å². The van der Waals surface area contributed by atoms with Gasteiger partial charge in [0.15, 0.2) is 0 Å². The first kappa shape index (κ1) is 18.3. The lowest BCUT2D eigenvalue weighted by Gasteiger charge is -2.35. The first-order chi connectivity index (χ1) is 12.8. The Morgan fingerprint density at radius 1 is 1.19 bits per heavy atom. The molecular formula is C21H26N2O3. The molecule has 0 bridgehead atoms. The van der Waals surface area contributed by atoms with Crippen LogP contribution in [0, 0.1) is 0 Å². The Balaban J connectivity index is 1.52. The number of nitrogens with zero attached hydrogens (tertiary/aromatic N) is 1. The Labute approximate surface area is 154 Å². The molecule has 0 aromatic heterocycles. The highest BCUT2D eigenvalue weighted by atomic mass is 16.5. The highest BCUT2D eigenvalue weighted by Crippen LogP contribution is 2.16. The summed E-state index contributed by atoms with van der Waals surface area (Å²) >= 11 is 0. The van der Waals surface area contributed by atoms with E-state index >= 15 is 0 Å². The maximum atomic E-state index is 12.5. The summed E-state index contributed by atoms with van der Waals surface area (Å²) in [5.41, 5.74) is 2.15. The van der Waals surface area contributed by atoms with Crippen LogP contribution in [0.3, 0.4) is 0 Å². The highest BCUT2D eigenvalue weighted by molar-refractivity contribution is 5.74. The minimum Gasteiger partial charge on any atom is -0.489 e. The second-order valence-electron chi connectivity index (χ2n) is 6.41. The van der Waals surface area contributed by atoms with E-state index in [9.17, 15) is 4.79 Å². The summed E-state index contributed by atoms with van der Waals surface area (Å²) in [5, 5.41) is 3.01. The van der Waals surface area contributed by atoms with E-state index in [1.807, 2.05) is 59.5 Å². The molecule has 0 unspecified atom stereocenters. The van der Waals surface area contributed by atoms with Crippen molar-refractivity contribution >= 4 is 6.03 Å². The van der Waals surface area contributed by atoms with E-state index in [0.717, 1.165) is 23.3 Å². The number of nitrogens with one attached hydrogen (secondary N) is 1. The van der Waals surface area contributed by atoms with Crippen molar-refractivity contribution in [2.75, 3.05) is 19.8 Å². The van der Waals surface area contributed by atoms with Crippen molar-refractivity contribution in [2.45, 2.75) is 32.5 Å². The van der Waals surface area contributed by atoms with E-state index in [2.05, 4.69) is 12.2 Å². The number of hydrogen-bond acceptors (Lipinski definition) is 3. The lowest BCUT2D eigenvalue weighted by Crippen LogP contribution is -2.52. The molecule has 1 N–H and O–H groups in total. The number of carbonyl (C=O) groups is 1. The normalized spacial score (nSPS) is 17.0. The number of hydrogen-bond donors (Lipinski definition) is 1. The summed E-state index contributed by atoms with van der Waals surface area (Å²) in [6.45, 7) is 4.95. The maximum absolute atomic E-state index is 12.5. The standard InChI is InChI=1S/C21H26N2O3/c1-2-19-16-25-12-11-23(19)21(24)22-14-18-9-6-10-20(13-18)26-15-17-7-4-3-5-8-17/h3-10,13,19H,2,11-12,14-16H2,1H3,(H,22,24)/t19-/m1/s1. The van der Waals surface area contributed by atoms with Crippen LogP contribution in [0.1, 0.15) is 24.5 Å². The average Bonchev–Trinajstić information content (AvgIpc) is 2.71. The quantitative estimate of drug-likeness (QED) is 0.862. The molecule has 0 aliphatic carbocycles. The minimum absolute atomic E-state index is 0.0317. The monoisotopic (exact) mass is 354 g/mol. The van der Waals surface area contributed by atoms with Crippen LogP contribution in [0.4, 0.5) is 4.79 Å². The van der Waals surface area contributed by atoms with E-state index < -0.39 is 0 Å². The van der Waals surface area contributed by atoms with Crippen LogP contribution >= 0.6 is 0 Å². The molecule has 5 heteroatoms. The first-order valence-corrected chi connectivity index (χ1v) is 9.14. The van der Waals surface area contributed by atoms with Gasteiger partial charge in [0.25, 0.3) is 0 Å². The van der Waals surface area contributed by atoms with Gasteiger partial charge in [-0.05, 0) is 29.7 Å². The number of amides is 2. The molecule has 0 saturated carbocycles. The molecule has 0 spiro atoms. The molecular weight excluding hydrogens is 328 g/mol. The van der Waals surface area contributed by atoms with Gasteiger partial charge in [-0.15, -0.1) is 0 Å². The number of urea groups is 1. The first-order valence-electron chi connectivity index (χ1n) is 9.14. The zero-order chi connectivity index (χ0) is 18.2. The van der Waals surface area contributed by atoms with Crippen molar-refractivity contribution in [1.29, 1.82) is 0 Å². The van der Waals surface area contributed by atoms with E-state index in [0.29, 0.717) is 32.9 Å². The van der Waals surface area contributed by atoms with Gasteiger partial charge in [-0.25, -0.2) is 4.79 Å². The fourth-order valence-corrected chi connectivity index (χ4v) is 3.03. The lowest BCUT2D eigenvalue weighted by atomic mass is 10.2. The maximum Gasteiger partial charge on any atom is 0.318 e. The van der Waals surface area contributed by atoms with E-state index in [1.54, 1.807) is 0 Å². The van der Waals surface area contributed by atoms with Gasteiger partial charge >= 0.3 is 6.03 Å². The van der Waals surface area contributed by atoms with Crippen LogP contribution in [0.25, 0.3) is 0 Å². The van der Waals surface area contributed by atoms with Crippen molar-refractivity contribution < 1.29 is 14.3 Å². The minimum atomic E-state index is -0.0317. The van der Waals surface area contributed by atoms with Crippen molar-refractivity contribution in [3.05, 3.63) is 65.7 Å². The Morgan fingerprint density at radius 2 is 2.00 bits per heavy atom. The number of morpholine rings is 1.